The first-order valence-corrected chi connectivity index (χ1v) is 7.69. The summed E-state index contributed by atoms with van der Waals surface area (Å²) in [5.41, 5.74) is 1.90. The van der Waals surface area contributed by atoms with E-state index in [1.165, 1.54) is 0 Å². The lowest BCUT2D eigenvalue weighted by atomic mass is 10.1. The van der Waals surface area contributed by atoms with E-state index in [0.717, 1.165) is 11.1 Å². The van der Waals surface area contributed by atoms with Crippen LogP contribution in [-0.4, -0.2) is 24.5 Å². The van der Waals surface area contributed by atoms with E-state index in [2.05, 4.69) is 0 Å². The van der Waals surface area contributed by atoms with Gasteiger partial charge in [-0.05, 0) is 29.8 Å². The standard InChI is InChI=1S/C18H18Cl2NO/c1-21(2,13-15-5-3-4-6-17(15)20)18(22)12-9-14-7-10-16(19)11-8-14/h3-12H,13H2,1-2H3/q+1/b12-9+. The van der Waals surface area contributed by atoms with Crippen LogP contribution in [0.5, 0.6) is 0 Å². The Labute approximate surface area is 141 Å². The van der Waals surface area contributed by atoms with Crippen LogP contribution in [0, 0.1) is 0 Å². The fraction of sp³-hybridized carbons (Fsp3) is 0.167. The lowest BCUT2D eigenvalue weighted by molar-refractivity contribution is -0.825. The summed E-state index contributed by atoms with van der Waals surface area (Å²) < 4.78 is 0.202. The molecule has 0 heterocycles. The number of hydrogen-bond donors (Lipinski definition) is 0. The summed E-state index contributed by atoms with van der Waals surface area (Å²) >= 11 is 12.0. The molecule has 0 aliphatic carbocycles. The van der Waals surface area contributed by atoms with E-state index < -0.39 is 0 Å². The van der Waals surface area contributed by atoms with Crippen LogP contribution in [0.4, 0.5) is 0 Å². The predicted octanol–water partition coefficient (Wildman–Crippen LogP) is 4.81. The van der Waals surface area contributed by atoms with Crippen molar-refractivity contribution in [1.82, 2.24) is 0 Å². The van der Waals surface area contributed by atoms with Gasteiger partial charge in [-0.2, -0.15) is 0 Å². The van der Waals surface area contributed by atoms with Gasteiger partial charge >= 0.3 is 5.91 Å². The normalized spacial score (nSPS) is 11.8. The zero-order valence-electron chi connectivity index (χ0n) is 12.6. The number of carbonyl (C=O) groups is 1. The average molecular weight is 335 g/mol. The van der Waals surface area contributed by atoms with E-state index >= 15 is 0 Å². The molecule has 0 fully saturated rings. The molecule has 0 aliphatic rings. The maximum Gasteiger partial charge on any atom is 0.338 e. The monoisotopic (exact) mass is 334 g/mol. The molecule has 0 aliphatic heterocycles. The van der Waals surface area contributed by atoms with Crippen molar-refractivity contribution in [2.24, 2.45) is 0 Å². The molecular formula is C18H18Cl2NO+. The third kappa shape index (κ3) is 4.44. The van der Waals surface area contributed by atoms with Crippen LogP contribution >= 0.6 is 23.2 Å². The van der Waals surface area contributed by atoms with Gasteiger partial charge in [0.05, 0.1) is 14.1 Å². The molecule has 0 N–H and O–H groups in total. The maximum atomic E-state index is 12.4. The average Bonchev–Trinajstić information content (AvgIpc) is 2.48. The Balaban J connectivity index is 2.10. The number of amides is 1. The molecule has 2 aromatic rings. The minimum absolute atomic E-state index is 0.00914. The SMILES string of the molecule is C[N+](C)(Cc1ccccc1Cl)C(=O)/C=C/c1ccc(Cl)cc1. The molecule has 2 aromatic carbocycles. The van der Waals surface area contributed by atoms with Crippen molar-refractivity contribution >= 4 is 35.2 Å². The molecule has 22 heavy (non-hydrogen) atoms. The first-order chi connectivity index (χ1) is 10.4. The second-order valence-corrected chi connectivity index (χ2v) is 6.50. The van der Waals surface area contributed by atoms with Crippen molar-refractivity contribution in [3.8, 4) is 0 Å². The van der Waals surface area contributed by atoms with Crippen molar-refractivity contribution in [2.45, 2.75) is 6.54 Å². The van der Waals surface area contributed by atoms with Gasteiger partial charge < -0.3 is 0 Å². The first-order valence-electron chi connectivity index (χ1n) is 6.93. The van der Waals surface area contributed by atoms with E-state index in [-0.39, 0.29) is 10.4 Å². The fourth-order valence-corrected chi connectivity index (χ4v) is 2.40. The van der Waals surface area contributed by atoms with Crippen molar-refractivity contribution in [1.29, 1.82) is 0 Å². The number of halogens is 2. The van der Waals surface area contributed by atoms with Crippen molar-refractivity contribution in [3.05, 3.63) is 75.8 Å². The summed E-state index contributed by atoms with van der Waals surface area (Å²) in [5.74, 6) is 0.00914. The predicted molar refractivity (Wildman–Crippen MR) is 92.8 cm³/mol. The molecule has 0 saturated carbocycles. The summed E-state index contributed by atoms with van der Waals surface area (Å²) in [6.07, 6.45) is 3.39. The third-order valence-electron chi connectivity index (χ3n) is 3.41. The zero-order valence-corrected chi connectivity index (χ0v) is 14.1. The lowest BCUT2D eigenvalue weighted by Crippen LogP contribution is -2.43. The summed E-state index contributed by atoms with van der Waals surface area (Å²) in [6.45, 7) is 0.545. The molecule has 4 heteroatoms. The number of benzene rings is 2. The Kier molecular flexibility index (Phi) is 5.41. The number of rotatable bonds is 4. The Morgan fingerprint density at radius 1 is 1.05 bits per heavy atom. The number of quaternary nitrogens is 1. The quantitative estimate of drug-likeness (QED) is 0.579. The third-order valence-corrected chi connectivity index (χ3v) is 4.03. The summed E-state index contributed by atoms with van der Waals surface area (Å²) in [4.78, 5) is 12.4. The van der Waals surface area contributed by atoms with E-state index in [4.69, 9.17) is 23.2 Å². The highest BCUT2D eigenvalue weighted by Crippen LogP contribution is 2.20. The molecule has 0 radical (unpaired) electrons. The second kappa shape index (κ2) is 7.10. The number of carbonyl (C=O) groups excluding carboxylic acids is 1. The Morgan fingerprint density at radius 2 is 1.68 bits per heavy atom. The van der Waals surface area contributed by atoms with Gasteiger partial charge in [-0.25, -0.2) is 4.79 Å². The fourth-order valence-electron chi connectivity index (χ4n) is 2.07. The zero-order chi connectivity index (χ0) is 16.2. The molecule has 0 spiro atoms. The maximum absolute atomic E-state index is 12.4. The highest BCUT2D eigenvalue weighted by Gasteiger charge is 2.25. The van der Waals surface area contributed by atoms with Crippen molar-refractivity contribution < 1.29 is 9.28 Å². The van der Waals surface area contributed by atoms with Crippen LogP contribution in [-0.2, 0) is 11.3 Å². The summed E-state index contributed by atoms with van der Waals surface area (Å²) in [5, 5.41) is 1.36. The van der Waals surface area contributed by atoms with Gasteiger partial charge in [-0.1, -0.05) is 53.5 Å². The van der Waals surface area contributed by atoms with Gasteiger partial charge in [0, 0.05) is 21.7 Å². The largest absolute Gasteiger partial charge is 0.338 e. The van der Waals surface area contributed by atoms with Crippen LogP contribution in [0.25, 0.3) is 6.08 Å². The Bertz CT molecular complexity index is 690. The minimum Gasteiger partial charge on any atom is -0.258 e. The first kappa shape index (κ1) is 16.8. The van der Waals surface area contributed by atoms with Gasteiger partial charge in [-0.3, -0.25) is 4.48 Å². The van der Waals surface area contributed by atoms with Gasteiger partial charge in [-0.15, -0.1) is 0 Å². The second-order valence-electron chi connectivity index (χ2n) is 5.66. The molecule has 0 unspecified atom stereocenters. The molecule has 0 saturated heterocycles. The van der Waals surface area contributed by atoms with E-state index in [0.29, 0.717) is 16.6 Å². The number of likely N-dealkylation sites (N-methyl/N-ethyl adjacent to an activating group) is 1. The van der Waals surface area contributed by atoms with Crippen molar-refractivity contribution in [3.63, 3.8) is 0 Å². The van der Waals surface area contributed by atoms with Crippen LogP contribution in [0.15, 0.2) is 54.6 Å². The van der Waals surface area contributed by atoms with E-state index in [9.17, 15) is 4.79 Å². The van der Waals surface area contributed by atoms with Gasteiger partial charge in [0.25, 0.3) is 0 Å². The Hall–Kier alpha value is -1.61. The molecular weight excluding hydrogens is 317 g/mol. The van der Waals surface area contributed by atoms with Gasteiger partial charge in [0.1, 0.15) is 6.54 Å². The molecule has 2 rings (SSSR count). The Morgan fingerprint density at radius 3 is 2.32 bits per heavy atom. The topological polar surface area (TPSA) is 17.1 Å². The lowest BCUT2D eigenvalue weighted by Gasteiger charge is -2.25. The molecule has 1 amide bonds. The van der Waals surface area contributed by atoms with Crippen LogP contribution in [0.2, 0.25) is 10.0 Å². The van der Waals surface area contributed by atoms with Gasteiger partial charge in [0.2, 0.25) is 0 Å². The highest BCUT2D eigenvalue weighted by molar-refractivity contribution is 6.31. The minimum atomic E-state index is 0.00914. The van der Waals surface area contributed by atoms with Crippen molar-refractivity contribution in [2.75, 3.05) is 14.1 Å². The van der Waals surface area contributed by atoms with Crippen LogP contribution in [0.3, 0.4) is 0 Å². The van der Waals surface area contributed by atoms with Gasteiger partial charge in [0.15, 0.2) is 0 Å². The molecule has 0 aromatic heterocycles. The van der Waals surface area contributed by atoms with E-state index in [1.807, 2.05) is 50.5 Å². The molecule has 0 atom stereocenters. The highest BCUT2D eigenvalue weighted by atomic mass is 35.5. The summed E-state index contributed by atoms with van der Waals surface area (Å²) in [6, 6.07) is 14.9. The molecule has 0 bridgehead atoms. The van der Waals surface area contributed by atoms with Crippen LogP contribution in [0.1, 0.15) is 11.1 Å². The van der Waals surface area contributed by atoms with E-state index in [1.54, 1.807) is 24.3 Å². The number of hydrogen-bond acceptors (Lipinski definition) is 1. The number of nitrogens with zero attached hydrogens (tertiary/aromatic N) is 1. The molecule has 2 nitrogen and oxygen atoms in total. The molecule has 114 valence electrons. The summed E-state index contributed by atoms with van der Waals surface area (Å²) in [7, 11) is 3.75. The smallest absolute Gasteiger partial charge is 0.258 e. The van der Waals surface area contributed by atoms with Crippen LogP contribution < -0.4 is 0 Å².